The van der Waals surface area contributed by atoms with Crippen molar-refractivity contribution in [2.24, 2.45) is 0 Å². The van der Waals surface area contributed by atoms with E-state index >= 15 is 0 Å². The van der Waals surface area contributed by atoms with Crippen molar-refractivity contribution in [1.29, 1.82) is 0 Å². The summed E-state index contributed by atoms with van der Waals surface area (Å²) in [7, 11) is -2.85. The van der Waals surface area contributed by atoms with E-state index in [9.17, 15) is 13.2 Å². The van der Waals surface area contributed by atoms with Gasteiger partial charge in [0.25, 0.3) is 0 Å². The minimum atomic E-state index is -4.05. The first-order chi connectivity index (χ1) is 13.3. The largest absolute Gasteiger partial charge is 0.466 e. The number of carbonyl (C=O) groups excluding carboxylic acids is 1. The van der Waals surface area contributed by atoms with E-state index in [4.69, 9.17) is 15.6 Å². The van der Waals surface area contributed by atoms with Crippen LogP contribution < -0.4 is 0 Å². The number of sulfonamides is 1. The van der Waals surface area contributed by atoms with E-state index < -0.39 is 22.0 Å². The van der Waals surface area contributed by atoms with Gasteiger partial charge in [0, 0.05) is 6.42 Å². The molecule has 2 aromatic rings. The molecule has 7 heteroatoms. The summed E-state index contributed by atoms with van der Waals surface area (Å²) >= 11 is 0. The van der Waals surface area contributed by atoms with E-state index in [1.807, 2.05) is 13.8 Å². The fraction of sp³-hybridized carbons (Fsp3) is 0.286. The maximum absolute atomic E-state index is 13.3. The summed E-state index contributed by atoms with van der Waals surface area (Å²) in [4.78, 5) is 12.2. The van der Waals surface area contributed by atoms with E-state index in [0.29, 0.717) is 12.2 Å². The summed E-state index contributed by atoms with van der Waals surface area (Å²) in [6.45, 7) is 7.23. The number of aryl methyl sites for hydroxylation is 2. The van der Waals surface area contributed by atoms with Gasteiger partial charge in [-0.05, 0) is 31.2 Å². The van der Waals surface area contributed by atoms with Crippen LogP contribution in [0.25, 0.3) is 0 Å². The third kappa shape index (κ3) is 4.35. The predicted molar refractivity (Wildman–Crippen MR) is 106 cm³/mol. The molecule has 0 saturated carbocycles. The number of methoxy groups -OCH3 is 1. The van der Waals surface area contributed by atoms with Crippen molar-refractivity contribution >= 4 is 16.0 Å². The number of carbonyl (C=O) groups is 1. The summed E-state index contributed by atoms with van der Waals surface area (Å²) < 4.78 is 38.2. The Hall–Kier alpha value is -2.82. The van der Waals surface area contributed by atoms with Gasteiger partial charge in [0.05, 0.1) is 24.1 Å². The Morgan fingerprint density at radius 3 is 2.43 bits per heavy atom. The monoisotopic (exact) mass is 401 g/mol. The summed E-state index contributed by atoms with van der Waals surface area (Å²) in [6.07, 6.45) is 6.06. The van der Waals surface area contributed by atoms with Gasteiger partial charge in [-0.15, -0.1) is 6.42 Å². The molecule has 148 valence electrons. The fourth-order valence-electron chi connectivity index (χ4n) is 2.71. The Kier molecular flexibility index (Phi) is 6.84. The maximum atomic E-state index is 13.3. The molecule has 2 rings (SSSR count). The second-order valence-electron chi connectivity index (χ2n) is 6.14. The second-order valence-corrected chi connectivity index (χ2v) is 8.03. The Bertz CT molecular complexity index is 996. The van der Waals surface area contributed by atoms with E-state index in [2.05, 4.69) is 12.5 Å². The molecule has 6 nitrogen and oxygen atoms in total. The number of furan rings is 1. The highest BCUT2D eigenvalue weighted by Crippen LogP contribution is 2.34. The van der Waals surface area contributed by atoms with Crippen LogP contribution >= 0.6 is 0 Å². The second kappa shape index (κ2) is 8.91. The van der Waals surface area contributed by atoms with Gasteiger partial charge in [-0.2, -0.15) is 4.31 Å². The number of rotatable bonds is 8. The SMILES string of the molecule is C#CCN(C(C(=C)C(=O)OC)c1ccc(CC)o1)S(=O)(=O)c1ccc(C)cc1. The van der Waals surface area contributed by atoms with Crippen LogP contribution in [0.4, 0.5) is 0 Å². The van der Waals surface area contributed by atoms with Crippen molar-refractivity contribution < 1.29 is 22.4 Å². The molecular weight excluding hydrogens is 378 g/mol. The summed E-state index contributed by atoms with van der Waals surface area (Å²) in [5, 5.41) is 0. The highest BCUT2D eigenvalue weighted by Gasteiger charge is 2.38. The topological polar surface area (TPSA) is 76.8 Å². The van der Waals surface area contributed by atoms with Crippen LogP contribution in [-0.4, -0.2) is 32.3 Å². The number of esters is 1. The van der Waals surface area contributed by atoms with Crippen molar-refractivity contribution in [3.63, 3.8) is 0 Å². The molecule has 28 heavy (non-hydrogen) atoms. The molecule has 0 aliphatic rings. The maximum Gasteiger partial charge on any atom is 0.335 e. The first kappa shape index (κ1) is 21.5. The van der Waals surface area contributed by atoms with Crippen molar-refractivity contribution in [1.82, 2.24) is 4.31 Å². The van der Waals surface area contributed by atoms with E-state index in [0.717, 1.165) is 9.87 Å². The molecule has 1 unspecified atom stereocenters. The number of ether oxygens (including phenoxy) is 1. The molecule has 1 aromatic heterocycles. The Morgan fingerprint density at radius 1 is 1.29 bits per heavy atom. The quantitative estimate of drug-likeness (QED) is 0.386. The third-order valence-corrected chi connectivity index (χ3v) is 6.07. The third-order valence-electron chi connectivity index (χ3n) is 4.24. The van der Waals surface area contributed by atoms with Crippen molar-refractivity contribution in [3.8, 4) is 12.3 Å². The Balaban J connectivity index is 2.63. The number of hydrogen-bond acceptors (Lipinski definition) is 5. The molecule has 1 atom stereocenters. The molecule has 0 aliphatic heterocycles. The van der Waals surface area contributed by atoms with Crippen LogP contribution in [0.2, 0.25) is 0 Å². The molecule has 0 bridgehead atoms. The zero-order valence-corrected chi connectivity index (χ0v) is 17.0. The predicted octanol–water partition coefficient (Wildman–Crippen LogP) is 3.24. The summed E-state index contributed by atoms with van der Waals surface area (Å²) in [5.74, 6) is 2.49. The lowest BCUT2D eigenvalue weighted by Crippen LogP contribution is -2.37. The van der Waals surface area contributed by atoms with Crippen molar-refractivity contribution in [3.05, 3.63) is 65.6 Å². The minimum Gasteiger partial charge on any atom is -0.466 e. The molecule has 1 aromatic carbocycles. The van der Waals surface area contributed by atoms with Crippen molar-refractivity contribution in [2.75, 3.05) is 13.7 Å². The molecule has 0 spiro atoms. The Labute approximate surface area is 165 Å². The highest BCUT2D eigenvalue weighted by molar-refractivity contribution is 7.89. The van der Waals surface area contributed by atoms with E-state index in [1.54, 1.807) is 24.3 Å². The van der Waals surface area contributed by atoms with Gasteiger partial charge < -0.3 is 9.15 Å². The molecular formula is C21H23NO5S. The molecule has 0 saturated heterocycles. The Morgan fingerprint density at radius 2 is 1.93 bits per heavy atom. The first-order valence-electron chi connectivity index (χ1n) is 8.64. The molecule has 0 radical (unpaired) electrons. The van der Waals surface area contributed by atoms with E-state index in [-0.39, 0.29) is 22.8 Å². The fourth-order valence-corrected chi connectivity index (χ4v) is 4.22. The normalized spacial score (nSPS) is 12.4. The van der Waals surface area contributed by atoms with Crippen LogP contribution in [0, 0.1) is 19.3 Å². The van der Waals surface area contributed by atoms with Gasteiger partial charge in [-0.3, -0.25) is 0 Å². The van der Waals surface area contributed by atoms with Crippen LogP contribution in [0.15, 0.2) is 57.9 Å². The van der Waals surface area contributed by atoms with Crippen LogP contribution in [0.5, 0.6) is 0 Å². The standard InChI is InChI=1S/C21H23NO5S/c1-6-14-22(28(24,25)18-11-8-15(3)9-12-18)20(16(4)21(23)26-5)19-13-10-17(7-2)27-19/h1,8-13,20H,4,7,14H2,2-3,5H3. The number of terminal acetylenes is 1. The zero-order valence-electron chi connectivity index (χ0n) is 16.1. The molecule has 0 fully saturated rings. The van der Waals surface area contributed by atoms with Gasteiger partial charge in [0.2, 0.25) is 10.0 Å². The lowest BCUT2D eigenvalue weighted by Gasteiger charge is -2.28. The lowest BCUT2D eigenvalue weighted by atomic mass is 10.1. The summed E-state index contributed by atoms with van der Waals surface area (Å²) in [6, 6.07) is 8.57. The number of nitrogens with zero attached hydrogens (tertiary/aromatic N) is 1. The highest BCUT2D eigenvalue weighted by atomic mass is 32.2. The number of hydrogen-bond donors (Lipinski definition) is 0. The average molecular weight is 401 g/mol. The van der Waals surface area contributed by atoms with Gasteiger partial charge in [-0.25, -0.2) is 13.2 Å². The van der Waals surface area contributed by atoms with Gasteiger partial charge in [-0.1, -0.05) is 37.1 Å². The smallest absolute Gasteiger partial charge is 0.335 e. The van der Waals surface area contributed by atoms with Gasteiger partial charge >= 0.3 is 5.97 Å². The minimum absolute atomic E-state index is 0.0540. The molecule has 0 amide bonds. The van der Waals surface area contributed by atoms with E-state index in [1.165, 1.54) is 19.2 Å². The molecule has 1 heterocycles. The van der Waals surface area contributed by atoms with Gasteiger partial charge in [0.15, 0.2) is 0 Å². The molecule has 0 N–H and O–H groups in total. The van der Waals surface area contributed by atoms with Crippen molar-refractivity contribution in [2.45, 2.75) is 31.2 Å². The zero-order chi connectivity index (χ0) is 20.9. The van der Waals surface area contributed by atoms with Gasteiger partial charge in [0.1, 0.15) is 17.6 Å². The average Bonchev–Trinajstić information content (AvgIpc) is 3.16. The molecule has 0 aliphatic carbocycles. The first-order valence-corrected chi connectivity index (χ1v) is 10.1. The lowest BCUT2D eigenvalue weighted by molar-refractivity contribution is -0.136. The van der Waals surface area contributed by atoms with Crippen LogP contribution in [0.1, 0.15) is 30.0 Å². The number of benzene rings is 1. The summed E-state index contributed by atoms with van der Waals surface area (Å²) in [5.41, 5.74) is 0.821. The van der Waals surface area contributed by atoms with Crippen LogP contribution in [0.3, 0.4) is 0 Å². The van der Waals surface area contributed by atoms with Crippen LogP contribution in [-0.2, 0) is 26.0 Å².